The monoisotopic (exact) mass is 400 g/mol. The zero-order valence-corrected chi connectivity index (χ0v) is 17.5. The van der Waals surface area contributed by atoms with Gasteiger partial charge >= 0.3 is 0 Å². The number of amides is 2. The second-order valence-electron chi connectivity index (χ2n) is 8.92. The number of aryl methyl sites for hydroxylation is 1. The van der Waals surface area contributed by atoms with E-state index in [4.69, 9.17) is 4.74 Å². The number of likely N-dealkylation sites (tertiary alicyclic amines) is 1. The van der Waals surface area contributed by atoms with Crippen LogP contribution in [0.2, 0.25) is 0 Å². The second kappa shape index (κ2) is 9.53. The number of ketones is 1. The van der Waals surface area contributed by atoms with Crippen molar-refractivity contribution in [1.29, 1.82) is 0 Å². The van der Waals surface area contributed by atoms with Crippen molar-refractivity contribution in [2.24, 2.45) is 5.41 Å². The fourth-order valence-electron chi connectivity index (χ4n) is 4.20. The number of hydrogen-bond acceptors (Lipinski definition) is 4. The maximum atomic E-state index is 12.9. The lowest BCUT2D eigenvalue weighted by Crippen LogP contribution is -2.52. The van der Waals surface area contributed by atoms with Gasteiger partial charge in [-0.2, -0.15) is 0 Å². The van der Waals surface area contributed by atoms with Gasteiger partial charge in [0.1, 0.15) is 12.6 Å². The molecule has 2 atom stereocenters. The molecule has 1 aromatic carbocycles. The number of benzene rings is 1. The maximum absolute atomic E-state index is 12.9. The second-order valence-corrected chi connectivity index (χ2v) is 8.92. The van der Waals surface area contributed by atoms with Gasteiger partial charge in [-0.15, -0.1) is 0 Å². The van der Waals surface area contributed by atoms with E-state index in [2.05, 4.69) is 5.32 Å². The van der Waals surface area contributed by atoms with Crippen molar-refractivity contribution in [1.82, 2.24) is 10.2 Å². The first-order chi connectivity index (χ1) is 13.9. The average Bonchev–Trinajstić information content (AvgIpc) is 3.08. The number of hydrogen-bond donors (Lipinski definition) is 1. The molecule has 2 amide bonds. The van der Waals surface area contributed by atoms with E-state index in [1.54, 1.807) is 4.90 Å². The molecule has 158 valence electrons. The molecule has 2 fully saturated rings. The minimum atomic E-state index is -0.398. The summed E-state index contributed by atoms with van der Waals surface area (Å²) < 4.78 is 5.53. The van der Waals surface area contributed by atoms with E-state index in [9.17, 15) is 14.4 Å². The number of carbonyl (C=O) groups excluding carboxylic acids is 3. The first-order valence-electron chi connectivity index (χ1n) is 10.6. The molecule has 0 aromatic heterocycles. The van der Waals surface area contributed by atoms with Gasteiger partial charge in [-0.3, -0.25) is 14.4 Å². The Balaban J connectivity index is 1.41. The Morgan fingerprint density at radius 1 is 1.24 bits per heavy atom. The smallest absolute Gasteiger partial charge is 0.223 e. The number of piperidine rings is 1. The molecule has 0 saturated carbocycles. The third-order valence-corrected chi connectivity index (χ3v) is 5.90. The van der Waals surface area contributed by atoms with Crippen molar-refractivity contribution in [2.75, 3.05) is 19.7 Å². The fourth-order valence-corrected chi connectivity index (χ4v) is 4.20. The van der Waals surface area contributed by atoms with Crippen LogP contribution in [0.3, 0.4) is 0 Å². The Bertz CT molecular complexity index is 732. The van der Waals surface area contributed by atoms with E-state index >= 15 is 0 Å². The van der Waals surface area contributed by atoms with Gasteiger partial charge in [0.05, 0.1) is 6.10 Å². The van der Waals surface area contributed by atoms with Crippen LogP contribution in [0.25, 0.3) is 0 Å². The molecule has 2 saturated heterocycles. The van der Waals surface area contributed by atoms with Crippen LogP contribution in [0.4, 0.5) is 0 Å². The molecular formula is C23H32N2O4. The van der Waals surface area contributed by atoms with Crippen molar-refractivity contribution in [2.45, 2.75) is 64.5 Å². The van der Waals surface area contributed by atoms with Gasteiger partial charge in [0.2, 0.25) is 11.8 Å². The van der Waals surface area contributed by atoms with E-state index < -0.39 is 6.04 Å². The van der Waals surface area contributed by atoms with E-state index in [0.29, 0.717) is 32.4 Å². The van der Waals surface area contributed by atoms with Crippen LogP contribution in [0.5, 0.6) is 0 Å². The normalized spacial score (nSPS) is 21.7. The summed E-state index contributed by atoms with van der Waals surface area (Å²) in [6, 6.07) is 9.56. The molecule has 3 rings (SSSR count). The number of carbonyl (C=O) groups is 3. The number of nitrogens with zero attached hydrogens (tertiary/aromatic N) is 1. The Morgan fingerprint density at radius 2 is 2.00 bits per heavy atom. The molecule has 6 nitrogen and oxygen atoms in total. The number of fused-ring (bicyclic) bond motifs is 1. The summed E-state index contributed by atoms with van der Waals surface area (Å²) in [5, 5.41) is 2.97. The zero-order chi connectivity index (χ0) is 20.9. The molecule has 6 heteroatoms. The van der Waals surface area contributed by atoms with Crippen molar-refractivity contribution in [3.63, 3.8) is 0 Å². The molecule has 0 aliphatic carbocycles. The molecular weight excluding hydrogens is 368 g/mol. The van der Waals surface area contributed by atoms with Crippen LogP contribution < -0.4 is 5.32 Å². The Morgan fingerprint density at radius 3 is 2.76 bits per heavy atom. The van der Waals surface area contributed by atoms with Crippen molar-refractivity contribution in [3.05, 3.63) is 35.9 Å². The predicted octanol–water partition coefficient (Wildman–Crippen LogP) is 2.50. The number of Topliss-reactive ketones (excluding diaryl/α,β-unsaturated/α-hetero) is 1. The molecule has 2 heterocycles. The van der Waals surface area contributed by atoms with Crippen molar-refractivity contribution >= 4 is 17.6 Å². The zero-order valence-electron chi connectivity index (χ0n) is 17.5. The van der Waals surface area contributed by atoms with Gasteiger partial charge in [-0.05, 0) is 36.7 Å². The third-order valence-electron chi connectivity index (χ3n) is 5.90. The first kappa shape index (κ1) is 21.5. The van der Waals surface area contributed by atoms with Crippen molar-refractivity contribution < 1.29 is 19.1 Å². The van der Waals surface area contributed by atoms with Crippen LogP contribution in [0, 0.1) is 5.41 Å². The average molecular weight is 401 g/mol. The van der Waals surface area contributed by atoms with E-state index in [1.807, 2.05) is 44.2 Å². The molecule has 29 heavy (non-hydrogen) atoms. The van der Waals surface area contributed by atoms with Crippen LogP contribution >= 0.6 is 0 Å². The van der Waals surface area contributed by atoms with Crippen LogP contribution in [0.15, 0.2) is 30.3 Å². The predicted molar refractivity (Wildman–Crippen MR) is 110 cm³/mol. The topological polar surface area (TPSA) is 75.7 Å². The molecule has 2 unspecified atom stereocenters. The van der Waals surface area contributed by atoms with Gasteiger partial charge in [0.15, 0.2) is 5.78 Å². The van der Waals surface area contributed by atoms with Gasteiger partial charge < -0.3 is 15.0 Å². The largest absolute Gasteiger partial charge is 0.368 e. The molecule has 1 N–H and O–H groups in total. The lowest BCUT2D eigenvalue weighted by molar-refractivity contribution is -0.142. The van der Waals surface area contributed by atoms with E-state index in [1.165, 1.54) is 0 Å². The molecule has 2 aliphatic heterocycles. The summed E-state index contributed by atoms with van der Waals surface area (Å²) in [7, 11) is 0. The van der Waals surface area contributed by atoms with Crippen LogP contribution in [-0.4, -0.2) is 54.3 Å². The fraction of sp³-hybridized carbons (Fsp3) is 0.609. The summed E-state index contributed by atoms with van der Waals surface area (Å²) in [6.07, 6.45) is 3.85. The highest BCUT2D eigenvalue weighted by atomic mass is 16.5. The SMILES string of the molecule is CC(C)(CCNC(=O)CCc1ccccc1)CC(=O)N1CCCC2OCC(=O)C21. The Kier molecular flexibility index (Phi) is 7.06. The molecule has 0 bridgehead atoms. The highest BCUT2D eigenvalue weighted by Gasteiger charge is 2.44. The quantitative estimate of drug-likeness (QED) is 0.727. The summed E-state index contributed by atoms with van der Waals surface area (Å²) in [6.45, 7) is 5.37. The molecule has 1 aromatic rings. The lowest BCUT2D eigenvalue weighted by Gasteiger charge is -2.37. The maximum Gasteiger partial charge on any atom is 0.223 e. The van der Waals surface area contributed by atoms with Crippen LogP contribution in [-0.2, 0) is 25.5 Å². The number of nitrogens with one attached hydrogen (secondary N) is 1. The molecule has 2 aliphatic rings. The van der Waals surface area contributed by atoms with Gasteiger partial charge in [0.25, 0.3) is 0 Å². The Labute approximate surface area is 173 Å². The molecule has 0 radical (unpaired) electrons. The number of rotatable bonds is 8. The lowest BCUT2D eigenvalue weighted by atomic mass is 9.84. The van der Waals surface area contributed by atoms with E-state index in [-0.39, 0.29) is 35.7 Å². The summed E-state index contributed by atoms with van der Waals surface area (Å²) in [5.74, 6) is 0.0639. The minimum absolute atomic E-state index is 0.0129. The van der Waals surface area contributed by atoms with Gasteiger partial charge in [-0.1, -0.05) is 44.2 Å². The minimum Gasteiger partial charge on any atom is -0.368 e. The van der Waals surface area contributed by atoms with Gasteiger partial charge in [-0.25, -0.2) is 0 Å². The van der Waals surface area contributed by atoms with Crippen LogP contribution in [0.1, 0.15) is 51.5 Å². The first-order valence-corrected chi connectivity index (χ1v) is 10.6. The highest BCUT2D eigenvalue weighted by Crippen LogP contribution is 2.31. The summed E-state index contributed by atoms with van der Waals surface area (Å²) in [5.41, 5.74) is 0.901. The standard InChI is InChI=1S/C23H32N2O4/c1-23(2,12-13-24-20(27)11-10-17-7-4-3-5-8-17)15-21(28)25-14-6-9-19-22(25)18(26)16-29-19/h3-5,7-8,19,22H,6,9-16H2,1-2H3,(H,24,27). The third kappa shape index (κ3) is 5.89. The number of ether oxygens (including phenoxy) is 1. The van der Waals surface area contributed by atoms with Crippen molar-refractivity contribution in [3.8, 4) is 0 Å². The highest BCUT2D eigenvalue weighted by molar-refractivity contribution is 5.92. The molecule has 0 spiro atoms. The van der Waals surface area contributed by atoms with Gasteiger partial charge in [0, 0.05) is 25.9 Å². The Hall–Kier alpha value is -2.21. The summed E-state index contributed by atoms with van der Waals surface area (Å²) in [4.78, 5) is 38.8. The van der Waals surface area contributed by atoms with E-state index in [0.717, 1.165) is 24.8 Å². The summed E-state index contributed by atoms with van der Waals surface area (Å²) >= 11 is 0.